The van der Waals surface area contributed by atoms with Crippen LogP contribution >= 0.6 is 11.3 Å². The van der Waals surface area contributed by atoms with Gasteiger partial charge in [0.15, 0.2) is 0 Å². The molecule has 0 amide bonds. The summed E-state index contributed by atoms with van der Waals surface area (Å²) in [5, 5.41) is 7.51. The zero-order chi connectivity index (χ0) is 13.1. The lowest BCUT2D eigenvalue weighted by atomic mass is 10.2. The fourth-order valence-corrected chi connectivity index (χ4v) is 2.89. The number of aromatic nitrogens is 2. The maximum absolute atomic E-state index is 4.14. The van der Waals surface area contributed by atoms with Gasteiger partial charge < -0.3 is 5.32 Å². The lowest BCUT2D eigenvalue weighted by Gasteiger charge is -2.00. The maximum atomic E-state index is 4.14. The highest BCUT2D eigenvalue weighted by Gasteiger charge is 2.03. The molecule has 0 aliphatic heterocycles. The van der Waals surface area contributed by atoms with Crippen LogP contribution in [-0.2, 0) is 13.6 Å². The first-order valence-electron chi connectivity index (χ1n) is 6.18. The predicted molar refractivity (Wildman–Crippen MR) is 80.3 cm³/mol. The quantitative estimate of drug-likeness (QED) is 0.781. The highest BCUT2D eigenvalue weighted by molar-refractivity contribution is 7.15. The minimum atomic E-state index is 0.837. The lowest BCUT2D eigenvalue weighted by molar-refractivity contribution is 0.768. The van der Waals surface area contributed by atoms with Crippen molar-refractivity contribution in [3.05, 3.63) is 59.7 Å². The molecule has 0 atom stereocenters. The van der Waals surface area contributed by atoms with Crippen molar-refractivity contribution < 1.29 is 0 Å². The third-order valence-corrected chi connectivity index (χ3v) is 4.03. The Morgan fingerprint density at radius 2 is 2.00 bits per heavy atom. The van der Waals surface area contributed by atoms with Crippen LogP contribution in [-0.4, -0.2) is 9.78 Å². The van der Waals surface area contributed by atoms with Gasteiger partial charge in [-0.15, -0.1) is 11.3 Å². The van der Waals surface area contributed by atoms with Crippen LogP contribution in [0.5, 0.6) is 0 Å². The molecule has 0 saturated carbocycles. The third-order valence-electron chi connectivity index (χ3n) is 2.89. The molecule has 3 aromatic rings. The summed E-state index contributed by atoms with van der Waals surface area (Å²) >= 11 is 1.82. The van der Waals surface area contributed by atoms with E-state index in [1.807, 2.05) is 36.8 Å². The zero-order valence-corrected chi connectivity index (χ0v) is 11.5. The fraction of sp³-hybridized carbons (Fsp3) is 0.133. The van der Waals surface area contributed by atoms with E-state index in [1.54, 1.807) is 4.68 Å². The van der Waals surface area contributed by atoms with Crippen molar-refractivity contribution >= 4 is 17.0 Å². The average Bonchev–Trinajstić information content (AvgIpc) is 3.06. The Bertz CT molecular complexity index is 655. The van der Waals surface area contributed by atoms with Crippen LogP contribution in [0.3, 0.4) is 0 Å². The van der Waals surface area contributed by atoms with Crippen LogP contribution in [0.4, 0.5) is 5.69 Å². The molecule has 1 N–H and O–H groups in total. The van der Waals surface area contributed by atoms with E-state index in [-0.39, 0.29) is 0 Å². The van der Waals surface area contributed by atoms with Crippen LogP contribution in [0.1, 0.15) is 4.88 Å². The summed E-state index contributed by atoms with van der Waals surface area (Å²) in [6.07, 6.45) is 3.82. The largest absolute Gasteiger partial charge is 0.378 e. The van der Waals surface area contributed by atoms with Gasteiger partial charge >= 0.3 is 0 Å². The Balaban J connectivity index is 1.68. The van der Waals surface area contributed by atoms with Crippen molar-refractivity contribution in [2.75, 3.05) is 5.32 Å². The minimum absolute atomic E-state index is 0.837. The van der Waals surface area contributed by atoms with E-state index >= 15 is 0 Å². The molecule has 2 heterocycles. The average molecular weight is 269 g/mol. The van der Waals surface area contributed by atoms with Gasteiger partial charge in [0.1, 0.15) is 0 Å². The standard InChI is InChI=1S/C15H15N3S/c1-18-11-13(9-17-18)16-10-14-7-8-15(19-14)12-5-3-2-4-6-12/h2-9,11,16H,10H2,1H3. The van der Waals surface area contributed by atoms with Gasteiger partial charge in [-0.05, 0) is 17.7 Å². The van der Waals surface area contributed by atoms with Crippen molar-refractivity contribution in [1.29, 1.82) is 0 Å². The summed E-state index contributed by atoms with van der Waals surface area (Å²) in [6, 6.07) is 14.8. The van der Waals surface area contributed by atoms with Crippen LogP contribution in [0.25, 0.3) is 10.4 Å². The zero-order valence-electron chi connectivity index (χ0n) is 10.7. The topological polar surface area (TPSA) is 29.9 Å². The molecule has 19 heavy (non-hydrogen) atoms. The van der Waals surface area contributed by atoms with Gasteiger partial charge in [-0.25, -0.2) is 0 Å². The maximum Gasteiger partial charge on any atom is 0.0729 e. The molecule has 3 nitrogen and oxygen atoms in total. The lowest BCUT2D eigenvalue weighted by Crippen LogP contribution is -1.95. The Morgan fingerprint density at radius 3 is 2.74 bits per heavy atom. The Labute approximate surface area is 116 Å². The molecule has 96 valence electrons. The van der Waals surface area contributed by atoms with Crippen molar-refractivity contribution in [3.8, 4) is 10.4 Å². The van der Waals surface area contributed by atoms with Gasteiger partial charge in [0.2, 0.25) is 0 Å². The molecular formula is C15H15N3S. The molecule has 2 aromatic heterocycles. The van der Waals surface area contributed by atoms with Crippen LogP contribution in [0, 0.1) is 0 Å². The number of rotatable bonds is 4. The summed E-state index contributed by atoms with van der Waals surface area (Å²) in [7, 11) is 1.92. The first-order chi connectivity index (χ1) is 9.31. The van der Waals surface area contributed by atoms with Crippen LogP contribution in [0.2, 0.25) is 0 Å². The van der Waals surface area contributed by atoms with Gasteiger partial charge in [-0.2, -0.15) is 5.10 Å². The Kier molecular flexibility index (Phi) is 3.33. The number of hydrogen-bond donors (Lipinski definition) is 1. The molecule has 0 bridgehead atoms. The van der Waals surface area contributed by atoms with E-state index in [0.717, 1.165) is 12.2 Å². The summed E-state index contributed by atoms with van der Waals surface area (Å²) in [6.45, 7) is 0.837. The second-order valence-electron chi connectivity index (χ2n) is 4.39. The summed E-state index contributed by atoms with van der Waals surface area (Å²) in [4.78, 5) is 2.63. The number of nitrogens with zero attached hydrogens (tertiary/aromatic N) is 2. The van der Waals surface area contributed by atoms with E-state index in [9.17, 15) is 0 Å². The number of hydrogen-bond acceptors (Lipinski definition) is 3. The van der Waals surface area contributed by atoms with Gasteiger partial charge in [-0.1, -0.05) is 30.3 Å². The molecule has 0 radical (unpaired) electrons. The molecule has 3 rings (SSSR count). The summed E-state index contributed by atoms with van der Waals surface area (Å²) in [5.74, 6) is 0. The Hall–Kier alpha value is -2.07. The molecule has 0 fully saturated rings. The summed E-state index contributed by atoms with van der Waals surface area (Å²) in [5.41, 5.74) is 2.33. The number of thiophene rings is 1. The van der Waals surface area contributed by atoms with Crippen LogP contribution < -0.4 is 5.32 Å². The van der Waals surface area contributed by atoms with Crippen LogP contribution in [0.15, 0.2) is 54.9 Å². The van der Waals surface area contributed by atoms with Gasteiger partial charge in [0.05, 0.1) is 11.9 Å². The molecular weight excluding hydrogens is 254 g/mol. The predicted octanol–water partition coefficient (Wildman–Crippen LogP) is 3.76. The molecule has 4 heteroatoms. The number of anilines is 1. The highest BCUT2D eigenvalue weighted by atomic mass is 32.1. The van der Waals surface area contributed by atoms with E-state index in [0.29, 0.717) is 0 Å². The molecule has 0 saturated heterocycles. The smallest absolute Gasteiger partial charge is 0.0729 e. The second-order valence-corrected chi connectivity index (χ2v) is 5.56. The molecule has 1 aromatic carbocycles. The molecule has 0 spiro atoms. The van der Waals surface area contributed by atoms with E-state index in [4.69, 9.17) is 0 Å². The van der Waals surface area contributed by atoms with Gasteiger partial charge in [0.25, 0.3) is 0 Å². The van der Waals surface area contributed by atoms with Crippen molar-refractivity contribution in [3.63, 3.8) is 0 Å². The second kappa shape index (κ2) is 5.28. The first-order valence-corrected chi connectivity index (χ1v) is 6.99. The minimum Gasteiger partial charge on any atom is -0.378 e. The fourth-order valence-electron chi connectivity index (χ4n) is 1.93. The van der Waals surface area contributed by atoms with Crippen molar-refractivity contribution in [2.24, 2.45) is 7.05 Å². The molecule has 0 aliphatic rings. The molecule has 0 unspecified atom stereocenters. The number of aryl methyl sites for hydroxylation is 1. The SMILES string of the molecule is Cn1cc(NCc2ccc(-c3ccccc3)s2)cn1. The van der Waals surface area contributed by atoms with Gasteiger partial charge in [-0.3, -0.25) is 4.68 Å². The number of nitrogens with one attached hydrogen (secondary N) is 1. The van der Waals surface area contributed by atoms with Gasteiger partial charge in [0, 0.05) is 29.5 Å². The van der Waals surface area contributed by atoms with E-state index in [1.165, 1.54) is 15.3 Å². The third kappa shape index (κ3) is 2.85. The number of benzene rings is 1. The first kappa shape index (κ1) is 12.0. The highest BCUT2D eigenvalue weighted by Crippen LogP contribution is 2.28. The molecule has 0 aliphatic carbocycles. The van der Waals surface area contributed by atoms with Crippen molar-refractivity contribution in [2.45, 2.75) is 6.54 Å². The normalized spacial score (nSPS) is 10.6. The monoisotopic (exact) mass is 269 g/mol. The van der Waals surface area contributed by atoms with E-state index < -0.39 is 0 Å². The van der Waals surface area contributed by atoms with E-state index in [2.05, 4.69) is 46.8 Å². The Morgan fingerprint density at radius 1 is 1.16 bits per heavy atom. The van der Waals surface area contributed by atoms with Crippen molar-refractivity contribution in [1.82, 2.24) is 9.78 Å². The summed E-state index contributed by atoms with van der Waals surface area (Å²) < 4.78 is 1.80.